The average Bonchev–Trinajstić information content (AvgIpc) is 3.60. The predicted molar refractivity (Wildman–Crippen MR) is 167 cm³/mol. The number of pyridine rings is 1. The third-order valence-electron chi connectivity index (χ3n) is 7.10. The van der Waals surface area contributed by atoms with E-state index >= 15 is 0 Å². The van der Waals surface area contributed by atoms with Crippen LogP contribution in [-0.4, -0.2) is 33.7 Å². The smallest absolute Gasteiger partial charge is 0.407 e. The molecule has 3 aromatic heterocycles. The zero-order chi connectivity index (χ0) is 28.4. The first-order valence-corrected chi connectivity index (χ1v) is 15.2. The van der Waals surface area contributed by atoms with E-state index in [9.17, 15) is 4.79 Å². The Bertz CT molecular complexity index is 1560. The van der Waals surface area contributed by atoms with Crippen molar-refractivity contribution in [1.29, 1.82) is 0 Å². The molecule has 0 aliphatic rings. The zero-order valence-electron chi connectivity index (χ0n) is 23.6. The Morgan fingerprint density at radius 3 is 2.54 bits per heavy atom. The summed E-state index contributed by atoms with van der Waals surface area (Å²) in [4.78, 5) is 21.4. The summed E-state index contributed by atoms with van der Waals surface area (Å²) in [5, 5.41) is 8.39. The van der Waals surface area contributed by atoms with E-state index in [1.807, 2.05) is 36.4 Å². The molecule has 41 heavy (non-hydrogen) atoms. The molecule has 0 radical (unpaired) electrons. The lowest BCUT2D eigenvalue weighted by Crippen LogP contribution is -2.26. The fraction of sp³-hybridized carbons (Fsp3) is 0.344. The van der Waals surface area contributed by atoms with Crippen LogP contribution in [-0.2, 0) is 30.9 Å². The van der Waals surface area contributed by atoms with Crippen molar-refractivity contribution in [1.82, 2.24) is 25.2 Å². The fourth-order valence-corrected chi connectivity index (χ4v) is 5.76. The quantitative estimate of drug-likeness (QED) is 0.133. The van der Waals surface area contributed by atoms with Crippen LogP contribution in [0.25, 0.3) is 21.3 Å². The molecule has 9 heteroatoms. The molecule has 8 nitrogen and oxygen atoms in total. The lowest BCUT2D eigenvalue weighted by Gasteiger charge is -2.11. The van der Waals surface area contributed by atoms with Crippen molar-refractivity contribution in [2.24, 2.45) is 0 Å². The molecule has 0 saturated carbocycles. The van der Waals surface area contributed by atoms with Crippen LogP contribution in [0.15, 0.2) is 66.0 Å². The largest absolute Gasteiger partial charge is 0.445 e. The Kier molecular flexibility index (Phi) is 9.82. The molecule has 0 saturated heterocycles. The standard InChI is InChI=1S/C32H38N6O2S/c1-2-3-11-27-37-28-29(30-26(16-19-41-30)36-31(28)33)38(27)21-24-14-12-23(13-15-24)20-34-17-7-8-18-35-32(39)40-22-25-9-5-4-6-10-25/h4-6,9-10,12-16,19,34H,2-3,7-8,11,17-18,20-22H2,1H3,(H2,33,36)(H,35,39). The van der Waals surface area contributed by atoms with Gasteiger partial charge in [0.2, 0.25) is 0 Å². The number of benzene rings is 2. The average molecular weight is 571 g/mol. The van der Waals surface area contributed by atoms with E-state index in [0.29, 0.717) is 12.4 Å². The number of rotatable bonds is 14. The molecule has 0 aliphatic carbocycles. The van der Waals surface area contributed by atoms with Gasteiger partial charge < -0.3 is 25.7 Å². The first kappa shape index (κ1) is 28.6. The Hall–Kier alpha value is -3.95. The number of thiophene rings is 1. The number of fused-ring (bicyclic) bond motifs is 3. The van der Waals surface area contributed by atoms with Gasteiger partial charge in [0.15, 0.2) is 5.82 Å². The summed E-state index contributed by atoms with van der Waals surface area (Å²) in [6.45, 7) is 5.54. The van der Waals surface area contributed by atoms with Crippen molar-refractivity contribution >= 4 is 44.5 Å². The first-order chi connectivity index (χ1) is 20.1. The summed E-state index contributed by atoms with van der Waals surface area (Å²) >= 11 is 1.69. The molecular formula is C32H38N6O2S. The number of hydrogen-bond donors (Lipinski definition) is 3. The van der Waals surface area contributed by atoms with Gasteiger partial charge >= 0.3 is 6.09 Å². The SMILES string of the molecule is CCCCc1nc2c(N)nc3ccsc3c2n1Cc1ccc(CNCCCCNC(=O)OCc2ccccc2)cc1. The third-order valence-corrected chi connectivity index (χ3v) is 8.01. The molecule has 0 unspecified atom stereocenters. The zero-order valence-corrected chi connectivity index (χ0v) is 24.4. The minimum absolute atomic E-state index is 0.288. The molecule has 0 atom stereocenters. The minimum atomic E-state index is -0.372. The number of anilines is 1. The maximum absolute atomic E-state index is 11.8. The highest BCUT2D eigenvalue weighted by Gasteiger charge is 2.18. The van der Waals surface area contributed by atoms with Gasteiger partial charge in [0.05, 0.1) is 15.7 Å². The van der Waals surface area contributed by atoms with E-state index in [1.165, 1.54) is 11.1 Å². The van der Waals surface area contributed by atoms with Gasteiger partial charge in [0.1, 0.15) is 17.9 Å². The molecule has 0 spiro atoms. The van der Waals surface area contributed by atoms with Crippen LogP contribution in [0.2, 0.25) is 0 Å². The minimum Gasteiger partial charge on any atom is -0.445 e. The summed E-state index contributed by atoms with van der Waals surface area (Å²) in [6, 6.07) is 20.5. The van der Waals surface area contributed by atoms with E-state index in [1.54, 1.807) is 11.3 Å². The molecule has 5 rings (SSSR count). The van der Waals surface area contributed by atoms with Crippen LogP contribution in [0.5, 0.6) is 0 Å². The van der Waals surface area contributed by atoms with Crippen LogP contribution in [0.3, 0.4) is 0 Å². The van der Waals surface area contributed by atoms with Crippen molar-refractivity contribution in [2.45, 2.75) is 58.7 Å². The number of unbranched alkanes of at least 4 members (excludes halogenated alkanes) is 2. The fourth-order valence-electron chi connectivity index (χ4n) is 4.87. The van der Waals surface area contributed by atoms with Gasteiger partial charge in [0, 0.05) is 26.1 Å². The van der Waals surface area contributed by atoms with Crippen molar-refractivity contribution < 1.29 is 9.53 Å². The number of ether oxygens (including phenoxy) is 1. The molecule has 0 fully saturated rings. The summed E-state index contributed by atoms with van der Waals surface area (Å²) in [5.74, 6) is 1.57. The lowest BCUT2D eigenvalue weighted by molar-refractivity contribution is 0.139. The van der Waals surface area contributed by atoms with E-state index in [4.69, 9.17) is 15.5 Å². The monoisotopic (exact) mass is 570 g/mol. The second-order valence-corrected chi connectivity index (χ2v) is 11.2. The molecule has 2 aromatic carbocycles. The first-order valence-electron chi connectivity index (χ1n) is 14.4. The van der Waals surface area contributed by atoms with E-state index in [-0.39, 0.29) is 12.7 Å². The number of nitrogens with one attached hydrogen (secondary N) is 2. The highest BCUT2D eigenvalue weighted by atomic mass is 32.1. The Morgan fingerprint density at radius 1 is 0.951 bits per heavy atom. The lowest BCUT2D eigenvalue weighted by atomic mass is 10.1. The highest BCUT2D eigenvalue weighted by Crippen LogP contribution is 2.33. The number of hydrogen-bond acceptors (Lipinski definition) is 7. The number of nitrogens with two attached hydrogens (primary N) is 1. The molecule has 214 valence electrons. The summed E-state index contributed by atoms with van der Waals surface area (Å²) < 4.78 is 8.72. The van der Waals surface area contributed by atoms with E-state index in [0.717, 1.165) is 84.4 Å². The van der Waals surface area contributed by atoms with Gasteiger partial charge in [-0.3, -0.25) is 0 Å². The van der Waals surface area contributed by atoms with Gasteiger partial charge in [-0.25, -0.2) is 14.8 Å². The number of nitrogens with zero attached hydrogens (tertiary/aromatic N) is 3. The van der Waals surface area contributed by atoms with Gasteiger partial charge in [-0.15, -0.1) is 11.3 Å². The van der Waals surface area contributed by atoms with Crippen LogP contribution >= 0.6 is 11.3 Å². The van der Waals surface area contributed by atoms with Crippen molar-refractivity contribution in [3.05, 3.63) is 88.6 Å². The number of carbonyl (C=O) groups is 1. The Balaban J connectivity index is 1.09. The number of alkyl carbamates (subject to hydrolysis) is 1. The molecular weight excluding hydrogens is 532 g/mol. The van der Waals surface area contributed by atoms with Crippen molar-refractivity contribution in [3.8, 4) is 0 Å². The van der Waals surface area contributed by atoms with Gasteiger partial charge in [-0.05, 0) is 53.9 Å². The van der Waals surface area contributed by atoms with Gasteiger partial charge in [-0.1, -0.05) is 67.9 Å². The Labute approximate surface area is 245 Å². The number of amides is 1. The number of carbonyl (C=O) groups excluding carboxylic acids is 1. The molecule has 5 aromatic rings. The number of aromatic nitrogens is 3. The van der Waals surface area contributed by atoms with Crippen LogP contribution < -0.4 is 16.4 Å². The molecule has 3 heterocycles. The normalized spacial score (nSPS) is 11.3. The molecule has 4 N–H and O–H groups in total. The van der Waals surface area contributed by atoms with E-state index < -0.39 is 0 Å². The number of aryl methyl sites for hydroxylation is 1. The third kappa shape index (κ3) is 7.42. The van der Waals surface area contributed by atoms with Crippen molar-refractivity contribution in [3.63, 3.8) is 0 Å². The predicted octanol–water partition coefficient (Wildman–Crippen LogP) is 6.42. The maximum atomic E-state index is 11.8. The number of imidazole rings is 1. The van der Waals surface area contributed by atoms with Crippen LogP contribution in [0.4, 0.5) is 10.6 Å². The highest BCUT2D eigenvalue weighted by molar-refractivity contribution is 7.18. The van der Waals surface area contributed by atoms with E-state index in [2.05, 4.69) is 56.8 Å². The van der Waals surface area contributed by atoms with Crippen LogP contribution in [0, 0.1) is 0 Å². The molecule has 0 bridgehead atoms. The van der Waals surface area contributed by atoms with Crippen LogP contribution in [0.1, 0.15) is 55.1 Å². The second kappa shape index (κ2) is 14.1. The summed E-state index contributed by atoms with van der Waals surface area (Å²) in [5.41, 5.74) is 12.6. The summed E-state index contributed by atoms with van der Waals surface area (Å²) in [7, 11) is 0. The maximum Gasteiger partial charge on any atom is 0.407 e. The van der Waals surface area contributed by atoms with Gasteiger partial charge in [-0.2, -0.15) is 0 Å². The number of nitrogen functional groups attached to an aromatic ring is 1. The summed E-state index contributed by atoms with van der Waals surface area (Å²) in [6.07, 6.45) is 4.62. The van der Waals surface area contributed by atoms with Crippen molar-refractivity contribution in [2.75, 3.05) is 18.8 Å². The second-order valence-electron chi connectivity index (χ2n) is 10.2. The Morgan fingerprint density at radius 2 is 1.73 bits per heavy atom. The van der Waals surface area contributed by atoms with Gasteiger partial charge in [0.25, 0.3) is 0 Å². The molecule has 1 amide bonds. The molecule has 0 aliphatic heterocycles. The topological polar surface area (TPSA) is 107 Å².